The monoisotopic (exact) mass is 401 g/mol. The van der Waals surface area contributed by atoms with Gasteiger partial charge in [-0.15, -0.1) is 0 Å². The normalized spacial score (nSPS) is 11.3. The minimum Gasteiger partial charge on any atom is -0.356 e. The molecule has 0 aliphatic rings. The van der Waals surface area contributed by atoms with E-state index in [2.05, 4.69) is 141 Å². The zero-order chi connectivity index (χ0) is 21.5. The van der Waals surface area contributed by atoms with Gasteiger partial charge in [0.05, 0.1) is 0 Å². The van der Waals surface area contributed by atoms with Gasteiger partial charge in [-0.2, -0.15) is 0 Å². The lowest BCUT2D eigenvalue weighted by Gasteiger charge is -2.07. The molecule has 1 N–H and O–H groups in total. The summed E-state index contributed by atoms with van der Waals surface area (Å²) < 4.78 is 0. The van der Waals surface area contributed by atoms with Gasteiger partial charge in [0.25, 0.3) is 0 Å². The summed E-state index contributed by atoms with van der Waals surface area (Å²) in [6, 6.07) is 34.1. The quantitative estimate of drug-likeness (QED) is 0.320. The van der Waals surface area contributed by atoms with Gasteiger partial charge in [0.1, 0.15) is 0 Å². The smallest absolute Gasteiger partial charge is 0.0386 e. The third-order valence-electron chi connectivity index (χ3n) is 5.17. The van der Waals surface area contributed by atoms with Crippen LogP contribution >= 0.6 is 0 Å². The number of hydrogen-bond acceptors (Lipinski definition) is 1. The maximum atomic E-state index is 3.45. The average Bonchev–Trinajstić information content (AvgIpc) is 2.79. The van der Waals surface area contributed by atoms with E-state index >= 15 is 0 Å². The number of anilines is 2. The molecule has 0 aliphatic carbocycles. The second kappa shape index (κ2) is 9.77. The highest BCUT2D eigenvalue weighted by Crippen LogP contribution is 2.19. The van der Waals surface area contributed by atoms with E-state index in [9.17, 15) is 0 Å². The molecule has 0 aromatic heterocycles. The summed E-state index contributed by atoms with van der Waals surface area (Å²) in [7, 11) is 0. The predicted molar refractivity (Wildman–Crippen MR) is 136 cm³/mol. The fourth-order valence-electron chi connectivity index (χ4n) is 3.35. The lowest BCUT2D eigenvalue weighted by molar-refractivity contribution is 1.45. The van der Waals surface area contributed by atoms with Crippen molar-refractivity contribution in [2.75, 3.05) is 5.32 Å². The molecule has 0 spiro atoms. The van der Waals surface area contributed by atoms with E-state index in [1.165, 1.54) is 33.4 Å². The average molecular weight is 402 g/mol. The molecule has 1 heteroatoms. The van der Waals surface area contributed by atoms with E-state index < -0.39 is 0 Å². The molecule has 0 amide bonds. The summed E-state index contributed by atoms with van der Waals surface area (Å²) >= 11 is 0. The van der Waals surface area contributed by atoms with Crippen LogP contribution in [0.5, 0.6) is 0 Å². The summed E-state index contributed by atoms with van der Waals surface area (Å²) in [6.45, 7) is 4.21. The number of aryl methyl sites for hydroxylation is 2. The van der Waals surface area contributed by atoms with Crippen molar-refractivity contribution in [3.05, 3.63) is 130 Å². The van der Waals surface area contributed by atoms with Crippen molar-refractivity contribution >= 4 is 35.7 Å². The van der Waals surface area contributed by atoms with Gasteiger partial charge in [0.2, 0.25) is 0 Å². The van der Waals surface area contributed by atoms with E-state index in [-0.39, 0.29) is 0 Å². The van der Waals surface area contributed by atoms with Crippen LogP contribution in [0, 0.1) is 13.8 Å². The first-order chi connectivity index (χ1) is 15.1. The number of rotatable bonds is 6. The van der Waals surface area contributed by atoms with Crippen molar-refractivity contribution in [3.8, 4) is 0 Å². The van der Waals surface area contributed by atoms with Gasteiger partial charge in [-0.05, 0) is 65.9 Å². The molecule has 1 nitrogen and oxygen atoms in total. The molecule has 0 bridgehead atoms. The van der Waals surface area contributed by atoms with Crippen molar-refractivity contribution in [2.24, 2.45) is 0 Å². The predicted octanol–water partition coefficient (Wildman–Crippen LogP) is 8.39. The van der Waals surface area contributed by atoms with Gasteiger partial charge < -0.3 is 5.32 Å². The van der Waals surface area contributed by atoms with E-state index in [0.717, 1.165) is 11.4 Å². The van der Waals surface area contributed by atoms with Gasteiger partial charge in [0, 0.05) is 11.4 Å². The number of hydrogen-bond donors (Lipinski definition) is 1. The second-order valence-corrected chi connectivity index (χ2v) is 7.86. The van der Waals surface area contributed by atoms with Gasteiger partial charge >= 0.3 is 0 Å². The van der Waals surface area contributed by atoms with Crippen molar-refractivity contribution in [2.45, 2.75) is 13.8 Å². The Balaban J connectivity index is 1.36. The Morgan fingerprint density at radius 3 is 1.39 bits per heavy atom. The lowest BCUT2D eigenvalue weighted by Crippen LogP contribution is -1.90. The highest BCUT2D eigenvalue weighted by Gasteiger charge is 1.96. The third kappa shape index (κ3) is 6.07. The lowest BCUT2D eigenvalue weighted by atomic mass is 10.1. The molecule has 152 valence electrons. The van der Waals surface area contributed by atoms with Crippen molar-refractivity contribution in [1.82, 2.24) is 0 Å². The summed E-state index contributed by atoms with van der Waals surface area (Å²) in [6.07, 6.45) is 8.60. The van der Waals surface area contributed by atoms with Crippen LogP contribution in [-0.4, -0.2) is 0 Å². The molecule has 0 heterocycles. The van der Waals surface area contributed by atoms with E-state index in [1.807, 2.05) is 0 Å². The van der Waals surface area contributed by atoms with Crippen LogP contribution in [0.1, 0.15) is 33.4 Å². The Bertz CT molecular complexity index is 1180. The fraction of sp³-hybridized carbons (Fsp3) is 0.0667. The number of nitrogens with one attached hydrogen (secondary N) is 1. The Labute approximate surface area is 185 Å². The zero-order valence-electron chi connectivity index (χ0n) is 18.0. The summed E-state index contributed by atoms with van der Waals surface area (Å²) in [4.78, 5) is 0. The van der Waals surface area contributed by atoms with E-state index in [0.29, 0.717) is 0 Å². The maximum absolute atomic E-state index is 3.45. The van der Waals surface area contributed by atoms with Crippen LogP contribution in [-0.2, 0) is 0 Å². The first kappa shape index (κ1) is 20.4. The molecule has 0 unspecified atom stereocenters. The van der Waals surface area contributed by atoms with Gasteiger partial charge in [0.15, 0.2) is 0 Å². The van der Waals surface area contributed by atoms with Crippen LogP contribution in [0.2, 0.25) is 0 Å². The van der Waals surface area contributed by atoms with E-state index in [1.54, 1.807) is 0 Å². The molecular formula is C30H27N. The zero-order valence-corrected chi connectivity index (χ0v) is 18.0. The summed E-state index contributed by atoms with van der Waals surface area (Å²) in [5, 5.41) is 3.45. The molecule has 31 heavy (non-hydrogen) atoms. The molecule has 0 atom stereocenters. The molecule has 4 aromatic rings. The standard InChI is InChI=1S/C30H27N/c1-23-6-8-25(9-7-23)10-11-26-12-14-27(15-13-26)16-17-28-18-20-29(21-19-28)31-30-5-3-4-24(2)22-30/h3-22,31H,1-2H3/b11-10+,17-16+. The first-order valence-corrected chi connectivity index (χ1v) is 10.6. The van der Waals surface area contributed by atoms with Crippen LogP contribution in [0.25, 0.3) is 24.3 Å². The minimum absolute atomic E-state index is 1.09. The Morgan fingerprint density at radius 1 is 0.452 bits per heavy atom. The Morgan fingerprint density at radius 2 is 0.903 bits per heavy atom. The summed E-state index contributed by atoms with van der Waals surface area (Å²) in [5.74, 6) is 0. The highest BCUT2D eigenvalue weighted by atomic mass is 14.9. The maximum Gasteiger partial charge on any atom is 0.0386 e. The second-order valence-electron chi connectivity index (χ2n) is 7.86. The molecule has 0 saturated heterocycles. The van der Waals surface area contributed by atoms with E-state index in [4.69, 9.17) is 0 Å². The molecule has 0 radical (unpaired) electrons. The largest absolute Gasteiger partial charge is 0.356 e. The van der Waals surface area contributed by atoms with Crippen LogP contribution in [0.3, 0.4) is 0 Å². The van der Waals surface area contributed by atoms with Crippen LogP contribution in [0.15, 0.2) is 97.1 Å². The summed E-state index contributed by atoms with van der Waals surface area (Å²) in [5.41, 5.74) is 9.52. The SMILES string of the molecule is Cc1ccc(/C=C/c2ccc(/C=C/c3ccc(Nc4cccc(C)c4)cc3)cc2)cc1. The van der Waals surface area contributed by atoms with Crippen molar-refractivity contribution in [3.63, 3.8) is 0 Å². The van der Waals surface area contributed by atoms with Crippen LogP contribution in [0.4, 0.5) is 11.4 Å². The fourth-order valence-corrected chi connectivity index (χ4v) is 3.35. The topological polar surface area (TPSA) is 12.0 Å². The van der Waals surface area contributed by atoms with Crippen LogP contribution < -0.4 is 5.32 Å². The molecular weight excluding hydrogens is 374 g/mol. The molecule has 0 aliphatic heterocycles. The van der Waals surface area contributed by atoms with Crippen molar-refractivity contribution in [1.29, 1.82) is 0 Å². The highest BCUT2D eigenvalue weighted by molar-refractivity contribution is 5.73. The molecule has 4 rings (SSSR count). The van der Waals surface area contributed by atoms with Crippen molar-refractivity contribution < 1.29 is 0 Å². The van der Waals surface area contributed by atoms with Gasteiger partial charge in [-0.25, -0.2) is 0 Å². The Kier molecular flexibility index (Phi) is 6.44. The van der Waals surface area contributed by atoms with Gasteiger partial charge in [-0.3, -0.25) is 0 Å². The molecule has 0 saturated carbocycles. The number of benzene rings is 4. The molecule has 4 aromatic carbocycles. The molecule has 0 fully saturated rings. The Hall–Kier alpha value is -3.84. The third-order valence-corrected chi connectivity index (χ3v) is 5.17. The minimum atomic E-state index is 1.09. The van der Waals surface area contributed by atoms with Gasteiger partial charge in [-0.1, -0.05) is 103 Å². The first-order valence-electron chi connectivity index (χ1n) is 10.6.